The van der Waals surface area contributed by atoms with Gasteiger partial charge in [0.25, 0.3) is 0 Å². The third-order valence-electron chi connectivity index (χ3n) is 2.42. The molecule has 0 aromatic rings. The summed E-state index contributed by atoms with van der Waals surface area (Å²) >= 11 is 0. The maximum atomic E-state index is 9.66. The molecule has 1 fully saturated rings. The first-order chi connectivity index (χ1) is 6.19. The molecule has 1 unspecified atom stereocenters. The van der Waals surface area contributed by atoms with Gasteiger partial charge in [-0.05, 0) is 31.5 Å². The van der Waals surface area contributed by atoms with Gasteiger partial charge in [-0.3, -0.25) is 0 Å². The van der Waals surface area contributed by atoms with Gasteiger partial charge < -0.3 is 10.2 Å². The SMILES string of the molecule is CC=C1[C@H](O)CC(=CCP)C[C@H]1O. The lowest BCUT2D eigenvalue weighted by Crippen LogP contribution is -2.28. The quantitative estimate of drug-likeness (QED) is 0.494. The summed E-state index contributed by atoms with van der Waals surface area (Å²) in [6.45, 7) is 1.85. The highest BCUT2D eigenvalue weighted by Gasteiger charge is 2.25. The summed E-state index contributed by atoms with van der Waals surface area (Å²) in [4.78, 5) is 0. The molecule has 1 rings (SSSR count). The van der Waals surface area contributed by atoms with Crippen molar-refractivity contribution in [2.24, 2.45) is 0 Å². The van der Waals surface area contributed by atoms with E-state index in [4.69, 9.17) is 0 Å². The Morgan fingerprint density at radius 2 is 1.92 bits per heavy atom. The van der Waals surface area contributed by atoms with Gasteiger partial charge in [-0.2, -0.15) is 0 Å². The van der Waals surface area contributed by atoms with Crippen LogP contribution < -0.4 is 0 Å². The molecule has 1 aliphatic rings. The van der Waals surface area contributed by atoms with Gasteiger partial charge in [0, 0.05) is 0 Å². The first-order valence-corrected chi connectivity index (χ1v) is 5.41. The summed E-state index contributed by atoms with van der Waals surface area (Å²) in [5.74, 6) is 0. The molecule has 0 spiro atoms. The molecule has 0 bridgehead atoms. The van der Waals surface area contributed by atoms with Gasteiger partial charge in [0.15, 0.2) is 0 Å². The zero-order valence-electron chi connectivity index (χ0n) is 7.90. The number of aliphatic hydroxyl groups is 2. The van der Waals surface area contributed by atoms with E-state index in [1.165, 1.54) is 0 Å². The summed E-state index contributed by atoms with van der Waals surface area (Å²) < 4.78 is 0. The highest BCUT2D eigenvalue weighted by atomic mass is 31.0. The Morgan fingerprint density at radius 3 is 2.31 bits per heavy atom. The van der Waals surface area contributed by atoms with Crippen LogP contribution in [0.25, 0.3) is 0 Å². The molecule has 3 atom stereocenters. The summed E-state index contributed by atoms with van der Waals surface area (Å²) in [6, 6.07) is 0. The molecule has 0 aliphatic heterocycles. The molecule has 0 aromatic carbocycles. The first-order valence-electron chi connectivity index (χ1n) is 4.59. The number of hydrogen-bond acceptors (Lipinski definition) is 2. The molecule has 3 heteroatoms. The second-order valence-corrected chi connectivity index (χ2v) is 3.80. The van der Waals surface area contributed by atoms with Gasteiger partial charge in [-0.25, -0.2) is 0 Å². The monoisotopic (exact) mass is 200 g/mol. The van der Waals surface area contributed by atoms with Crippen molar-refractivity contribution in [3.8, 4) is 0 Å². The van der Waals surface area contributed by atoms with E-state index >= 15 is 0 Å². The van der Waals surface area contributed by atoms with Crippen molar-refractivity contribution in [1.82, 2.24) is 0 Å². The van der Waals surface area contributed by atoms with Crippen molar-refractivity contribution >= 4 is 9.24 Å². The zero-order chi connectivity index (χ0) is 9.84. The maximum Gasteiger partial charge on any atom is 0.0812 e. The van der Waals surface area contributed by atoms with Gasteiger partial charge in [0.1, 0.15) is 0 Å². The lowest BCUT2D eigenvalue weighted by Gasteiger charge is -2.28. The summed E-state index contributed by atoms with van der Waals surface area (Å²) in [6.07, 6.45) is 5.13. The number of aliphatic hydroxyl groups excluding tert-OH is 2. The van der Waals surface area contributed by atoms with Crippen LogP contribution in [0.3, 0.4) is 0 Å². The summed E-state index contributed by atoms with van der Waals surface area (Å²) in [7, 11) is 2.62. The van der Waals surface area contributed by atoms with Crippen molar-refractivity contribution in [2.45, 2.75) is 32.0 Å². The standard InChI is InChI=1S/C10H17O2P/c1-2-8-9(11)5-7(3-4-13)6-10(8)12/h2-3,9-12H,4-6,13H2,1H3/t9-,10-/m1/s1. The Hall–Kier alpha value is -0.170. The normalized spacial score (nSPS) is 28.9. The fourth-order valence-electron chi connectivity index (χ4n) is 1.76. The summed E-state index contributed by atoms with van der Waals surface area (Å²) in [5, 5.41) is 19.3. The van der Waals surface area contributed by atoms with E-state index in [-0.39, 0.29) is 0 Å². The fraction of sp³-hybridized carbons (Fsp3) is 0.600. The van der Waals surface area contributed by atoms with E-state index < -0.39 is 12.2 Å². The molecule has 0 amide bonds. The molecule has 1 aliphatic carbocycles. The van der Waals surface area contributed by atoms with E-state index in [2.05, 4.69) is 15.3 Å². The molecule has 0 heterocycles. The number of allylic oxidation sites excluding steroid dienone is 2. The Kier molecular flexibility index (Phi) is 4.11. The van der Waals surface area contributed by atoms with Crippen LogP contribution in [0.15, 0.2) is 23.3 Å². The average molecular weight is 200 g/mol. The zero-order valence-corrected chi connectivity index (χ0v) is 9.06. The third kappa shape index (κ3) is 2.63. The van der Waals surface area contributed by atoms with Gasteiger partial charge in [0.05, 0.1) is 12.2 Å². The molecule has 13 heavy (non-hydrogen) atoms. The molecule has 0 aromatic heterocycles. The van der Waals surface area contributed by atoms with E-state index in [0.29, 0.717) is 12.8 Å². The smallest absolute Gasteiger partial charge is 0.0812 e. The highest BCUT2D eigenvalue weighted by molar-refractivity contribution is 7.16. The third-order valence-corrected chi connectivity index (χ3v) is 2.66. The van der Waals surface area contributed by atoms with Crippen LogP contribution in [0, 0.1) is 0 Å². The lowest BCUT2D eigenvalue weighted by molar-refractivity contribution is 0.122. The van der Waals surface area contributed by atoms with Gasteiger partial charge in [-0.1, -0.05) is 17.7 Å². The minimum atomic E-state index is -0.489. The van der Waals surface area contributed by atoms with Gasteiger partial charge in [-0.15, -0.1) is 9.24 Å². The Morgan fingerprint density at radius 1 is 1.38 bits per heavy atom. The van der Waals surface area contributed by atoms with Crippen molar-refractivity contribution in [2.75, 3.05) is 6.16 Å². The van der Waals surface area contributed by atoms with E-state index in [1.807, 2.05) is 13.0 Å². The molecule has 2 nitrogen and oxygen atoms in total. The molecular weight excluding hydrogens is 183 g/mol. The second kappa shape index (κ2) is 4.90. The minimum Gasteiger partial charge on any atom is -0.388 e. The van der Waals surface area contributed by atoms with E-state index in [1.54, 1.807) is 0 Å². The average Bonchev–Trinajstić information content (AvgIpc) is 2.04. The molecule has 2 N–H and O–H groups in total. The van der Waals surface area contributed by atoms with Crippen molar-refractivity contribution < 1.29 is 10.2 Å². The van der Waals surface area contributed by atoms with Crippen LogP contribution in [0.4, 0.5) is 0 Å². The van der Waals surface area contributed by atoms with Crippen molar-refractivity contribution in [3.05, 3.63) is 23.3 Å². The van der Waals surface area contributed by atoms with E-state index in [0.717, 1.165) is 17.3 Å². The number of hydrogen-bond donors (Lipinski definition) is 2. The van der Waals surface area contributed by atoms with Crippen LogP contribution in [0.1, 0.15) is 19.8 Å². The van der Waals surface area contributed by atoms with Gasteiger partial charge >= 0.3 is 0 Å². The van der Waals surface area contributed by atoms with Crippen molar-refractivity contribution in [3.63, 3.8) is 0 Å². The topological polar surface area (TPSA) is 40.5 Å². The van der Waals surface area contributed by atoms with Crippen LogP contribution >= 0.6 is 9.24 Å². The van der Waals surface area contributed by atoms with Crippen LogP contribution in [0.2, 0.25) is 0 Å². The molecule has 74 valence electrons. The largest absolute Gasteiger partial charge is 0.388 e. The minimum absolute atomic E-state index is 0.489. The predicted octanol–water partition coefficient (Wildman–Crippen LogP) is 1.25. The number of rotatable bonds is 1. The predicted molar refractivity (Wildman–Crippen MR) is 57.7 cm³/mol. The van der Waals surface area contributed by atoms with Gasteiger partial charge in [0.2, 0.25) is 0 Å². The Bertz CT molecular complexity index is 217. The lowest BCUT2D eigenvalue weighted by atomic mass is 9.85. The maximum absolute atomic E-state index is 9.66. The molecule has 1 saturated carbocycles. The van der Waals surface area contributed by atoms with Crippen LogP contribution in [-0.4, -0.2) is 28.6 Å². The Labute approximate surface area is 81.6 Å². The summed E-state index contributed by atoms with van der Waals surface area (Å²) in [5.41, 5.74) is 1.92. The molecule has 0 radical (unpaired) electrons. The second-order valence-electron chi connectivity index (χ2n) is 3.33. The first kappa shape index (κ1) is 10.9. The Balaban J connectivity index is 2.73. The molecule has 0 saturated heterocycles. The van der Waals surface area contributed by atoms with Crippen LogP contribution in [-0.2, 0) is 0 Å². The fourth-order valence-corrected chi connectivity index (χ4v) is 2.09. The highest BCUT2D eigenvalue weighted by Crippen LogP contribution is 2.28. The van der Waals surface area contributed by atoms with E-state index in [9.17, 15) is 10.2 Å². The van der Waals surface area contributed by atoms with Crippen molar-refractivity contribution in [1.29, 1.82) is 0 Å². The van der Waals surface area contributed by atoms with Crippen LogP contribution in [0.5, 0.6) is 0 Å². The molecular formula is C10H17O2P.